The van der Waals surface area contributed by atoms with Gasteiger partial charge in [-0.1, -0.05) is 165 Å². The predicted molar refractivity (Wildman–Crippen MR) is 438 cm³/mol. The molecule has 4 amide bonds. The molecule has 7 N–H and O–H groups in total. The molecule has 2 unspecified atom stereocenters. The average molecular weight is 1610 g/mol. The third-order valence-corrected chi connectivity index (χ3v) is 23.7. The Labute approximate surface area is 674 Å². The van der Waals surface area contributed by atoms with Crippen molar-refractivity contribution in [2.45, 2.75) is 174 Å². The monoisotopic (exact) mass is 1610 g/mol. The van der Waals surface area contributed by atoms with Crippen molar-refractivity contribution in [2.75, 3.05) is 110 Å². The van der Waals surface area contributed by atoms with Crippen LogP contribution < -0.4 is 20.4 Å². The van der Waals surface area contributed by atoms with Crippen LogP contribution in [0.3, 0.4) is 0 Å². The number of alkyl halides is 1. The zero-order valence-electron chi connectivity index (χ0n) is 65.1. The molecule has 6 aromatic carbocycles. The second kappa shape index (κ2) is 43.1. The van der Waals surface area contributed by atoms with Crippen LogP contribution >= 0.6 is 47.4 Å². The number of halogens is 4. The molecule has 111 heavy (non-hydrogen) atoms. The van der Waals surface area contributed by atoms with Crippen LogP contribution in [0.15, 0.2) is 164 Å². The Morgan fingerprint density at radius 2 is 1.39 bits per heavy atom. The van der Waals surface area contributed by atoms with E-state index in [2.05, 4.69) is 58.7 Å². The first kappa shape index (κ1) is 89.8. The van der Waals surface area contributed by atoms with E-state index in [1.165, 1.54) is 29.7 Å². The fourth-order valence-electron chi connectivity index (χ4n) is 15.9. The van der Waals surface area contributed by atoms with Gasteiger partial charge in [0.15, 0.2) is 5.78 Å². The molecule has 0 aromatic heterocycles. The maximum absolute atomic E-state index is 14.4. The van der Waals surface area contributed by atoms with Gasteiger partial charge in [0.05, 0.1) is 66.8 Å². The Morgan fingerprint density at radius 1 is 0.793 bits per heavy atom. The highest BCUT2D eigenvalue weighted by atomic mass is 35.5. The number of morpholine rings is 1. The number of amides is 4. The molecule has 13 atom stereocenters. The third-order valence-electron chi connectivity index (χ3n) is 22.3. The molecule has 606 valence electrons. The Bertz CT molecular complexity index is 3820. The second-order valence-electron chi connectivity index (χ2n) is 30.0. The number of aliphatic hydroxyl groups is 5. The number of likely N-dealkylation sites (tertiary alicyclic amines) is 3. The lowest BCUT2D eigenvalue weighted by molar-refractivity contribution is -0.205. The second-order valence-corrected chi connectivity index (χ2v) is 32.1. The van der Waals surface area contributed by atoms with Crippen molar-refractivity contribution in [3.05, 3.63) is 202 Å². The number of ether oxygens (including phenoxy) is 3. The van der Waals surface area contributed by atoms with Crippen molar-refractivity contribution in [3.8, 4) is 0 Å². The van der Waals surface area contributed by atoms with E-state index < -0.39 is 70.6 Å². The molecule has 0 radical (unpaired) electrons. The highest BCUT2D eigenvalue weighted by Crippen LogP contribution is 2.41. The fraction of sp³-hybridized carbons (Fsp3) is 0.518. The standard InChI is InChI=1S/C29H33ClN2O2.C22H27NO2.C18H33ClN2O5S.C16H20FN3O4.ClH/c1-31(2)27(33)29(24-9-5-3-6-10-24,25-11-7-4-8-12-25)19-22-32-20-17-28(34,18-21-32)23-13-15-26(30)16-14-23;1-23-19(15-21(24)17-9-4-2-5-10-17)13-8-14-20(23)16-22(25)18-11-6-3-7-12-18;1-5-6-10-7-11(21(3)8-10)17(25)20-12(9(2)19)16-14(23)13(22)15(24)18(26-16)27-4;1-11(21)18-9-13-10-20(16(22)24-13)12-2-3-15(14(17)8-12)19-4-6-23-7-5-19;/h3-16,34H,17-22H2,1-2H3;2-7,9-12,19-21,24H,8,13-16H2,1H3;9-16,18,22-24H,5-8H2,1-4H3,(H,20,25);2-3,8,13H,4-7,9-10H2,1H3,(H,18,21);1H/t;19-,20+,21-;9?,10-,11+,12?,13+,14-,15-,16-,18-;13-;/m.010./s1. The maximum atomic E-state index is 14.4. The molecule has 26 heteroatoms. The number of hydrogen-bond acceptors (Lipinski definition) is 18. The summed E-state index contributed by atoms with van der Waals surface area (Å²) >= 11 is 13.6. The number of aliphatic hydroxyl groups excluding tert-OH is 4. The van der Waals surface area contributed by atoms with Crippen molar-refractivity contribution < 1.29 is 68.1 Å². The molecule has 6 saturated heterocycles. The molecule has 0 bridgehead atoms. The summed E-state index contributed by atoms with van der Waals surface area (Å²) in [6.45, 7) is 11.4. The van der Waals surface area contributed by atoms with Crippen LogP contribution in [-0.2, 0) is 39.6 Å². The number of rotatable bonds is 24. The van der Waals surface area contributed by atoms with Gasteiger partial charge in [-0.25, -0.2) is 9.18 Å². The molecular formula is C85H114Cl3FN8O13S. The van der Waals surface area contributed by atoms with Gasteiger partial charge in [-0.2, -0.15) is 0 Å². The Kier molecular flexibility index (Phi) is 34.8. The van der Waals surface area contributed by atoms with Crippen molar-refractivity contribution in [1.29, 1.82) is 0 Å². The highest BCUT2D eigenvalue weighted by Gasteiger charge is 2.49. The molecule has 0 aliphatic carbocycles. The highest BCUT2D eigenvalue weighted by molar-refractivity contribution is 7.99. The Balaban J connectivity index is 0.000000187. The summed E-state index contributed by atoms with van der Waals surface area (Å²) in [5.41, 5.74) is 3.34. The summed E-state index contributed by atoms with van der Waals surface area (Å²) < 4.78 is 30.7. The molecule has 0 saturated carbocycles. The van der Waals surface area contributed by atoms with E-state index >= 15 is 0 Å². The zero-order chi connectivity index (χ0) is 79.2. The minimum absolute atomic E-state index is 0. The zero-order valence-corrected chi connectivity index (χ0v) is 68.2. The number of nitrogens with zero attached hydrogens (tertiary/aromatic N) is 6. The molecule has 6 aliphatic heterocycles. The number of thioether (sulfide) groups is 1. The molecule has 21 nitrogen and oxygen atoms in total. The smallest absolute Gasteiger partial charge is 0.414 e. The number of Topliss-reactive ketones (excluding diaryl/α,β-unsaturated/α-hetero) is 1. The van der Waals surface area contributed by atoms with E-state index in [1.807, 2.05) is 152 Å². The number of anilines is 2. The van der Waals surface area contributed by atoms with Crippen molar-refractivity contribution in [2.24, 2.45) is 5.92 Å². The average Bonchev–Trinajstić information content (AvgIpc) is 1.38. The van der Waals surface area contributed by atoms with Gasteiger partial charge in [0.25, 0.3) is 0 Å². The summed E-state index contributed by atoms with van der Waals surface area (Å²) in [6.07, 6.45) is 4.96. The van der Waals surface area contributed by atoms with Gasteiger partial charge in [0.2, 0.25) is 17.7 Å². The lowest BCUT2D eigenvalue weighted by Crippen LogP contribution is -2.65. The number of nitrogens with one attached hydrogen (secondary N) is 2. The normalized spacial score (nSPS) is 24.3. The minimum atomic E-state index is -1.36. The first-order valence-corrected chi connectivity index (χ1v) is 40.6. The number of carbonyl (C=O) groups excluding carboxylic acids is 5. The number of piperidine rings is 2. The molecular weight excluding hydrogens is 1500 g/mol. The van der Waals surface area contributed by atoms with Crippen LogP contribution in [0.2, 0.25) is 5.02 Å². The lowest BCUT2D eigenvalue weighted by Gasteiger charge is -2.44. The van der Waals surface area contributed by atoms with Gasteiger partial charge in [-0.3, -0.25) is 33.9 Å². The van der Waals surface area contributed by atoms with E-state index in [1.54, 1.807) is 30.2 Å². The van der Waals surface area contributed by atoms with Gasteiger partial charge >= 0.3 is 6.09 Å². The molecule has 12 rings (SSSR count). The minimum Gasteiger partial charge on any atom is -0.442 e. The maximum Gasteiger partial charge on any atom is 0.414 e. The van der Waals surface area contributed by atoms with Gasteiger partial charge in [0.1, 0.15) is 47.2 Å². The van der Waals surface area contributed by atoms with Crippen LogP contribution in [-0.4, -0.2) is 240 Å². The van der Waals surface area contributed by atoms with Crippen LogP contribution in [0.25, 0.3) is 0 Å². The summed E-state index contributed by atoms with van der Waals surface area (Å²) in [4.78, 5) is 73.9. The largest absolute Gasteiger partial charge is 0.442 e. The van der Waals surface area contributed by atoms with Crippen LogP contribution in [0, 0.1) is 11.7 Å². The lowest BCUT2D eigenvalue weighted by atomic mass is 9.70. The van der Waals surface area contributed by atoms with Crippen LogP contribution in [0.5, 0.6) is 0 Å². The van der Waals surface area contributed by atoms with Crippen LogP contribution in [0.1, 0.15) is 130 Å². The predicted octanol–water partition coefficient (Wildman–Crippen LogP) is 11.3. The van der Waals surface area contributed by atoms with Crippen LogP contribution in [0.4, 0.5) is 20.6 Å². The molecule has 6 heterocycles. The summed E-state index contributed by atoms with van der Waals surface area (Å²) in [5, 5.41) is 58.1. The van der Waals surface area contributed by atoms with E-state index in [0.29, 0.717) is 80.3 Å². The summed E-state index contributed by atoms with van der Waals surface area (Å²) in [5.74, 6) is 0.0712. The number of carbonyl (C=O) groups is 5. The molecule has 6 fully saturated rings. The molecule has 6 aromatic rings. The van der Waals surface area contributed by atoms with E-state index in [4.69, 9.17) is 37.4 Å². The molecule has 0 spiro atoms. The first-order valence-electron chi connectivity index (χ1n) is 38.5. The van der Waals surface area contributed by atoms with E-state index in [9.17, 15) is 53.9 Å². The third kappa shape index (κ3) is 23.9. The van der Waals surface area contributed by atoms with Gasteiger partial charge in [0, 0.05) is 82.8 Å². The molecule has 6 aliphatic rings. The quantitative estimate of drug-likeness (QED) is 0.0219. The SMILES string of the molecule is CC(=O)NC[C@H]1CN(c2ccc(N3CCOCC3)c(F)c2)C(=O)O1.CCC[C@@H]1C[C@@H](C(=O)NC(C(C)Cl)[C@H]2O[C@H](SC)[C@H](O)[C@@H](O)[C@H]2O)N(C)C1.CN(C)C(=O)C(CCN1CCC(O)(c2ccc(Cl)cc2)CC1)(c1ccccc1)c1ccccc1.CN1[C@@H](CC(=O)c2ccccc2)CCC[C@H]1C[C@H](O)c1ccccc1.Cl. The Morgan fingerprint density at radius 3 is 1.95 bits per heavy atom. The van der Waals surface area contributed by atoms with Crippen molar-refractivity contribution in [1.82, 2.24) is 30.2 Å². The number of likely N-dealkylation sites (N-methyl/N-ethyl adjacent to an activating group) is 2. The first-order chi connectivity index (χ1) is 52.7. The number of cyclic esters (lactones) is 1. The van der Waals surface area contributed by atoms with E-state index in [-0.39, 0.29) is 66.9 Å². The van der Waals surface area contributed by atoms with Gasteiger partial charge in [-0.05, 0) is 144 Å². The van der Waals surface area contributed by atoms with Crippen molar-refractivity contribution in [3.63, 3.8) is 0 Å². The summed E-state index contributed by atoms with van der Waals surface area (Å²) in [6, 6.07) is 51.5. The van der Waals surface area contributed by atoms with Gasteiger partial charge in [-0.15, -0.1) is 35.8 Å². The van der Waals surface area contributed by atoms with Gasteiger partial charge < -0.3 is 65.1 Å². The summed E-state index contributed by atoms with van der Waals surface area (Å²) in [7, 11) is 7.70. The van der Waals surface area contributed by atoms with E-state index in [0.717, 1.165) is 98.9 Å². The van der Waals surface area contributed by atoms with Crippen molar-refractivity contribution >= 4 is 88.3 Å². The number of ketones is 1. The Hall–Kier alpha value is -6.78. The fourth-order valence-corrected chi connectivity index (χ4v) is 17.0. The number of hydrogen-bond donors (Lipinski definition) is 7. The number of benzene rings is 6. The topological polar surface area (TPSA) is 258 Å².